The van der Waals surface area contributed by atoms with Crippen LogP contribution in [0, 0.1) is 0 Å². The van der Waals surface area contributed by atoms with Crippen LogP contribution in [0.3, 0.4) is 0 Å². The van der Waals surface area contributed by atoms with E-state index in [0.29, 0.717) is 6.42 Å². The summed E-state index contributed by atoms with van der Waals surface area (Å²) in [6, 6.07) is 0. The van der Waals surface area contributed by atoms with E-state index in [4.69, 9.17) is 15.5 Å². The highest BCUT2D eigenvalue weighted by Crippen LogP contribution is 2.29. The van der Waals surface area contributed by atoms with Gasteiger partial charge in [-0.15, -0.1) is 0 Å². The predicted octanol–water partition coefficient (Wildman–Crippen LogP) is 0.321. The first-order chi connectivity index (χ1) is 4.18. The molecule has 9 heavy (non-hydrogen) atoms. The van der Waals surface area contributed by atoms with Gasteiger partial charge in [0.15, 0.2) is 8.38 Å². The lowest BCUT2D eigenvalue weighted by Crippen LogP contribution is -2.17. The van der Waals surface area contributed by atoms with Crippen LogP contribution in [0.1, 0.15) is 6.42 Å². The van der Waals surface area contributed by atoms with Gasteiger partial charge in [0, 0.05) is 0 Å². The van der Waals surface area contributed by atoms with Crippen LogP contribution < -0.4 is 5.73 Å². The maximum atomic E-state index is 8.53. The smallest absolute Gasteiger partial charge is 0.183 e. The van der Waals surface area contributed by atoms with Crippen molar-refractivity contribution >= 4 is 20.1 Å². The molecule has 0 aliphatic rings. The molecule has 0 rings (SSSR count). The molecule has 5 heteroatoms. The summed E-state index contributed by atoms with van der Waals surface area (Å²) < 4.78 is 0. The zero-order chi connectivity index (χ0) is 7.28. The van der Waals surface area contributed by atoms with E-state index in [1.54, 1.807) is 11.8 Å². The molecule has 0 radical (unpaired) electrons. The van der Waals surface area contributed by atoms with Gasteiger partial charge < -0.3 is 15.5 Å². The van der Waals surface area contributed by atoms with Crippen LogP contribution in [0.5, 0.6) is 0 Å². The number of thioether (sulfide) groups is 1. The average molecular weight is 169 g/mol. The van der Waals surface area contributed by atoms with Crippen LogP contribution in [-0.4, -0.2) is 27.6 Å². The average Bonchev–Trinajstić information content (AvgIpc) is 1.82. The molecule has 0 heterocycles. The lowest BCUT2D eigenvalue weighted by Gasteiger charge is -2.10. The van der Waals surface area contributed by atoms with Gasteiger partial charge in [0.05, 0.1) is 5.78 Å². The van der Waals surface area contributed by atoms with Crippen molar-refractivity contribution < 1.29 is 9.79 Å². The fraction of sp³-hybridized carbons (Fsp3) is 1.00. The fourth-order valence-corrected chi connectivity index (χ4v) is 1.38. The van der Waals surface area contributed by atoms with Gasteiger partial charge in [0.2, 0.25) is 0 Å². The van der Waals surface area contributed by atoms with Crippen LogP contribution >= 0.6 is 20.1 Å². The highest BCUT2D eigenvalue weighted by molar-refractivity contribution is 7.98. The molecule has 0 aromatic carbocycles. The Hall–Kier alpha value is 0.660. The second-order valence-corrected chi connectivity index (χ2v) is 3.96. The van der Waals surface area contributed by atoms with Crippen molar-refractivity contribution in [3.05, 3.63) is 0 Å². The van der Waals surface area contributed by atoms with E-state index in [1.807, 2.05) is 6.26 Å². The molecule has 0 bridgehead atoms. The number of hydrogen-bond acceptors (Lipinski definition) is 4. The highest BCUT2D eigenvalue weighted by Gasteiger charge is 2.10. The summed E-state index contributed by atoms with van der Waals surface area (Å²) in [6.45, 7) is 0. The second-order valence-electron chi connectivity index (χ2n) is 1.67. The van der Waals surface area contributed by atoms with Crippen molar-refractivity contribution in [3.63, 3.8) is 0 Å². The van der Waals surface area contributed by atoms with Crippen molar-refractivity contribution in [1.29, 1.82) is 0 Å². The zero-order valence-electron chi connectivity index (χ0n) is 5.32. The van der Waals surface area contributed by atoms with Crippen LogP contribution in [0.2, 0.25) is 0 Å². The van der Waals surface area contributed by atoms with Crippen molar-refractivity contribution in [2.24, 2.45) is 5.73 Å². The summed E-state index contributed by atoms with van der Waals surface area (Å²) in [5, 5.41) is 0. The number of hydrogen-bond donors (Lipinski definition) is 3. The third-order valence-electron chi connectivity index (χ3n) is 0.914. The van der Waals surface area contributed by atoms with E-state index in [2.05, 4.69) is 0 Å². The quantitative estimate of drug-likeness (QED) is 0.530. The van der Waals surface area contributed by atoms with Gasteiger partial charge in [0.25, 0.3) is 0 Å². The van der Waals surface area contributed by atoms with E-state index >= 15 is 0 Å². The van der Waals surface area contributed by atoms with Gasteiger partial charge in [0.1, 0.15) is 0 Å². The van der Waals surface area contributed by atoms with Crippen molar-refractivity contribution in [3.8, 4) is 0 Å². The van der Waals surface area contributed by atoms with Crippen LogP contribution in [0.25, 0.3) is 0 Å². The Morgan fingerprint density at radius 1 is 1.67 bits per heavy atom. The molecule has 1 unspecified atom stereocenters. The Labute approximate surface area is 60.6 Å². The number of nitrogens with two attached hydrogens (primary N) is 1. The van der Waals surface area contributed by atoms with E-state index in [9.17, 15) is 0 Å². The molecular weight excluding hydrogens is 157 g/mol. The summed E-state index contributed by atoms with van der Waals surface area (Å²) in [6.07, 6.45) is 2.64. The lowest BCUT2D eigenvalue weighted by atomic mass is 10.5. The van der Waals surface area contributed by atoms with Crippen LogP contribution in [-0.2, 0) is 0 Å². The Kier molecular flexibility index (Phi) is 5.84. The number of rotatable bonds is 4. The summed E-state index contributed by atoms with van der Waals surface area (Å²) in [5.41, 5.74) is 5.32. The molecule has 0 fully saturated rings. The minimum Gasteiger partial charge on any atom is -0.349 e. The van der Waals surface area contributed by atoms with Gasteiger partial charge >= 0.3 is 0 Å². The first-order valence-electron chi connectivity index (χ1n) is 2.60. The summed E-state index contributed by atoms with van der Waals surface area (Å²) >= 11 is 1.66. The van der Waals surface area contributed by atoms with E-state index in [0.717, 1.165) is 5.75 Å². The summed E-state index contributed by atoms with van der Waals surface area (Å²) in [7, 11) is -1.91. The maximum absolute atomic E-state index is 8.53. The second kappa shape index (κ2) is 5.45. The van der Waals surface area contributed by atoms with Crippen LogP contribution in [0.15, 0.2) is 0 Å². The maximum Gasteiger partial charge on any atom is 0.183 e. The zero-order valence-corrected chi connectivity index (χ0v) is 7.03. The molecular formula is C4H12NO2PS. The molecule has 0 aromatic rings. The largest absolute Gasteiger partial charge is 0.349 e. The topological polar surface area (TPSA) is 66.5 Å². The normalized spacial score (nSPS) is 14.3. The predicted molar refractivity (Wildman–Crippen MR) is 42.3 cm³/mol. The Morgan fingerprint density at radius 2 is 2.22 bits per heavy atom. The SMILES string of the molecule is CSCCC(N)P(O)O. The van der Waals surface area contributed by atoms with Gasteiger partial charge in [-0.2, -0.15) is 11.8 Å². The Bertz CT molecular complexity index is 73.6. The monoisotopic (exact) mass is 169 g/mol. The molecule has 0 aliphatic heterocycles. The minimum atomic E-state index is -1.91. The summed E-state index contributed by atoms with van der Waals surface area (Å²) in [4.78, 5) is 17.1. The van der Waals surface area contributed by atoms with Crippen molar-refractivity contribution in [1.82, 2.24) is 0 Å². The standard InChI is InChI=1S/C4H12NO2PS/c1-9-3-2-4(5)8(6)7/h4,6-7H,2-3,5H2,1H3. The van der Waals surface area contributed by atoms with Crippen molar-refractivity contribution in [2.75, 3.05) is 12.0 Å². The van der Waals surface area contributed by atoms with Gasteiger partial charge in [-0.25, -0.2) is 0 Å². The molecule has 0 amide bonds. The molecule has 0 aromatic heterocycles. The molecule has 1 atom stereocenters. The molecule has 0 aliphatic carbocycles. The molecule has 4 N–H and O–H groups in total. The third-order valence-corrected chi connectivity index (χ3v) is 2.41. The van der Waals surface area contributed by atoms with E-state index in [-0.39, 0.29) is 0 Å². The van der Waals surface area contributed by atoms with Gasteiger partial charge in [-0.1, -0.05) is 0 Å². The van der Waals surface area contributed by atoms with Gasteiger partial charge in [-0.3, -0.25) is 0 Å². The van der Waals surface area contributed by atoms with Gasteiger partial charge in [-0.05, 0) is 18.4 Å². The first-order valence-corrected chi connectivity index (χ1v) is 5.31. The van der Waals surface area contributed by atoms with E-state index in [1.165, 1.54) is 0 Å². The lowest BCUT2D eigenvalue weighted by molar-refractivity contribution is 0.463. The highest BCUT2D eigenvalue weighted by atomic mass is 32.2. The van der Waals surface area contributed by atoms with E-state index < -0.39 is 14.2 Å². The fourth-order valence-electron chi connectivity index (χ4n) is 0.354. The molecule has 0 saturated carbocycles. The van der Waals surface area contributed by atoms with Crippen LogP contribution in [0.4, 0.5) is 0 Å². The molecule has 0 saturated heterocycles. The molecule has 56 valence electrons. The Balaban J connectivity index is 3.16. The molecule has 3 nitrogen and oxygen atoms in total. The van der Waals surface area contributed by atoms with Crippen molar-refractivity contribution in [2.45, 2.75) is 12.2 Å². The minimum absolute atomic E-state index is 0.424. The summed E-state index contributed by atoms with van der Waals surface area (Å²) in [5.74, 6) is 0.466. The molecule has 0 spiro atoms. The first kappa shape index (κ1) is 9.66. The third kappa shape index (κ3) is 5.12. The Morgan fingerprint density at radius 3 is 2.56 bits per heavy atom.